The Labute approximate surface area is 214 Å². The number of amides is 2. The van der Waals surface area contributed by atoms with Crippen LogP contribution in [0.15, 0.2) is 84.2 Å². The Morgan fingerprint density at radius 1 is 1.03 bits per heavy atom. The molecule has 0 saturated heterocycles. The van der Waals surface area contributed by atoms with Gasteiger partial charge in [-0.15, -0.1) is 11.3 Å². The number of carbonyl (C=O) groups is 2. The van der Waals surface area contributed by atoms with Crippen molar-refractivity contribution < 1.29 is 14.3 Å². The highest BCUT2D eigenvalue weighted by atomic mass is 32.1. The lowest BCUT2D eigenvalue weighted by molar-refractivity contribution is -0.128. The van der Waals surface area contributed by atoms with E-state index in [-0.39, 0.29) is 18.4 Å². The van der Waals surface area contributed by atoms with Gasteiger partial charge in [-0.3, -0.25) is 14.5 Å². The van der Waals surface area contributed by atoms with Gasteiger partial charge in [0.05, 0.1) is 16.4 Å². The van der Waals surface area contributed by atoms with Gasteiger partial charge in [0, 0.05) is 23.9 Å². The summed E-state index contributed by atoms with van der Waals surface area (Å²) in [5.41, 5.74) is 4.67. The lowest BCUT2D eigenvalue weighted by Crippen LogP contribution is -2.49. The first-order valence-electron chi connectivity index (χ1n) is 12.0. The van der Waals surface area contributed by atoms with Gasteiger partial charge in [0.15, 0.2) is 6.10 Å². The molecule has 1 aromatic heterocycles. The summed E-state index contributed by atoms with van der Waals surface area (Å²) < 4.78 is 5.83. The summed E-state index contributed by atoms with van der Waals surface area (Å²) >= 11 is 1.61. The van der Waals surface area contributed by atoms with Crippen LogP contribution in [-0.4, -0.2) is 36.0 Å². The van der Waals surface area contributed by atoms with Gasteiger partial charge >= 0.3 is 0 Å². The predicted octanol–water partition coefficient (Wildman–Crippen LogP) is 4.87. The Balaban J connectivity index is 1.31. The molecule has 6 nitrogen and oxygen atoms in total. The molecule has 5 rings (SSSR count). The summed E-state index contributed by atoms with van der Waals surface area (Å²) in [6.07, 6.45) is 0.845. The normalized spacial score (nSPS) is 14.8. The van der Waals surface area contributed by atoms with Crippen LogP contribution in [0.4, 0.5) is 5.69 Å². The van der Waals surface area contributed by atoms with Gasteiger partial charge in [-0.25, -0.2) is 4.98 Å². The first-order valence-corrected chi connectivity index (χ1v) is 12.9. The lowest BCUT2D eigenvalue weighted by atomic mass is 10.1. The van der Waals surface area contributed by atoms with Crippen LogP contribution < -0.4 is 15.0 Å². The highest BCUT2D eigenvalue weighted by Gasteiger charge is 2.33. The second-order valence-electron chi connectivity index (χ2n) is 8.74. The summed E-state index contributed by atoms with van der Waals surface area (Å²) in [6, 6.07) is 25.9. The summed E-state index contributed by atoms with van der Waals surface area (Å²) in [4.78, 5) is 32.0. The minimum absolute atomic E-state index is 0.0614. The molecule has 182 valence electrons. The number of hydrogen-bond donors (Lipinski definition) is 1. The van der Waals surface area contributed by atoms with Crippen molar-refractivity contribution in [3.8, 4) is 17.0 Å². The average molecular weight is 498 g/mol. The Kier molecular flexibility index (Phi) is 7.09. The SMILES string of the molecule is CC1Oc2ccc(-c3csc(Cc4ccccc4)n3)cc2N(CC(=O)NCCc2ccccc2)C1=O. The van der Waals surface area contributed by atoms with Gasteiger partial charge < -0.3 is 10.1 Å². The highest BCUT2D eigenvalue weighted by molar-refractivity contribution is 7.10. The fraction of sp³-hybridized carbons (Fsp3) is 0.207. The van der Waals surface area contributed by atoms with Gasteiger partial charge in [-0.2, -0.15) is 0 Å². The van der Waals surface area contributed by atoms with Crippen molar-refractivity contribution in [3.63, 3.8) is 0 Å². The fourth-order valence-corrected chi connectivity index (χ4v) is 5.05. The molecular formula is C29H27N3O3S. The topological polar surface area (TPSA) is 71.5 Å². The molecule has 1 atom stereocenters. The Bertz CT molecular complexity index is 1350. The second kappa shape index (κ2) is 10.7. The number of fused-ring (bicyclic) bond motifs is 1. The van der Waals surface area contributed by atoms with Crippen LogP contribution in [0.3, 0.4) is 0 Å². The first kappa shape index (κ1) is 23.8. The van der Waals surface area contributed by atoms with E-state index in [1.54, 1.807) is 18.3 Å². The van der Waals surface area contributed by atoms with Crippen LogP contribution >= 0.6 is 11.3 Å². The number of nitrogens with zero attached hydrogens (tertiary/aromatic N) is 2. The molecule has 7 heteroatoms. The van der Waals surface area contributed by atoms with Crippen molar-refractivity contribution in [1.29, 1.82) is 0 Å². The van der Waals surface area contributed by atoms with E-state index >= 15 is 0 Å². The zero-order chi connectivity index (χ0) is 24.9. The highest BCUT2D eigenvalue weighted by Crippen LogP contribution is 2.37. The molecule has 2 heterocycles. The quantitative estimate of drug-likeness (QED) is 0.377. The van der Waals surface area contributed by atoms with Crippen LogP contribution in [0.1, 0.15) is 23.1 Å². The minimum atomic E-state index is -0.655. The Morgan fingerprint density at radius 3 is 2.50 bits per heavy atom. The molecule has 0 aliphatic carbocycles. The monoisotopic (exact) mass is 497 g/mol. The molecule has 2 amide bonds. The van der Waals surface area contributed by atoms with Crippen molar-refractivity contribution in [3.05, 3.63) is 100 Å². The lowest BCUT2D eigenvalue weighted by Gasteiger charge is -2.32. The van der Waals surface area contributed by atoms with E-state index in [0.717, 1.165) is 34.7 Å². The summed E-state index contributed by atoms with van der Waals surface area (Å²) in [7, 11) is 0. The molecule has 0 spiro atoms. The maximum atomic E-state index is 13.0. The van der Waals surface area contributed by atoms with E-state index in [0.29, 0.717) is 18.0 Å². The van der Waals surface area contributed by atoms with Gasteiger partial charge in [-0.1, -0.05) is 60.7 Å². The van der Waals surface area contributed by atoms with Crippen LogP contribution in [0.25, 0.3) is 11.3 Å². The molecule has 0 saturated carbocycles. The van der Waals surface area contributed by atoms with E-state index < -0.39 is 6.10 Å². The molecule has 4 aromatic rings. The number of hydrogen-bond acceptors (Lipinski definition) is 5. The zero-order valence-electron chi connectivity index (χ0n) is 20.0. The van der Waals surface area contributed by atoms with Crippen LogP contribution in [0.2, 0.25) is 0 Å². The van der Waals surface area contributed by atoms with E-state index in [9.17, 15) is 9.59 Å². The molecule has 0 bridgehead atoms. The largest absolute Gasteiger partial charge is 0.479 e. The second-order valence-corrected chi connectivity index (χ2v) is 9.68. The van der Waals surface area contributed by atoms with Gasteiger partial charge in [0.2, 0.25) is 5.91 Å². The molecule has 0 fully saturated rings. The molecular weight excluding hydrogens is 470 g/mol. The van der Waals surface area contributed by atoms with Crippen LogP contribution in [0, 0.1) is 0 Å². The third-order valence-electron chi connectivity index (χ3n) is 6.09. The van der Waals surface area contributed by atoms with Crippen molar-refractivity contribution in [1.82, 2.24) is 10.3 Å². The Morgan fingerprint density at radius 2 is 1.75 bits per heavy atom. The Hall–Kier alpha value is -3.97. The summed E-state index contributed by atoms with van der Waals surface area (Å²) in [5.74, 6) is 0.145. The molecule has 1 aliphatic heterocycles. The van der Waals surface area contributed by atoms with Crippen LogP contribution in [-0.2, 0) is 22.4 Å². The standard InChI is InChI=1S/C29H27N3O3S/c1-20-29(34)32(18-27(33)30-15-14-21-8-4-2-5-9-21)25-17-23(12-13-26(25)35-20)24-19-36-28(31-24)16-22-10-6-3-7-11-22/h2-13,17,19-20H,14-16,18H2,1H3,(H,30,33). The van der Waals surface area contributed by atoms with Crippen molar-refractivity contribution in [2.24, 2.45) is 0 Å². The van der Waals surface area contributed by atoms with Crippen molar-refractivity contribution >= 4 is 28.8 Å². The number of nitrogens with one attached hydrogen (secondary N) is 1. The third-order valence-corrected chi connectivity index (χ3v) is 6.94. The number of benzene rings is 3. The van der Waals surface area contributed by atoms with Crippen molar-refractivity contribution in [2.45, 2.75) is 25.9 Å². The molecule has 1 aliphatic rings. The van der Waals surface area contributed by atoms with Gasteiger partial charge in [-0.05, 0) is 42.7 Å². The molecule has 36 heavy (non-hydrogen) atoms. The smallest absolute Gasteiger partial charge is 0.268 e. The van der Waals surface area contributed by atoms with E-state index in [2.05, 4.69) is 17.4 Å². The third kappa shape index (κ3) is 5.47. The summed E-state index contributed by atoms with van der Waals surface area (Å²) in [6.45, 7) is 2.15. The molecule has 0 radical (unpaired) electrons. The maximum absolute atomic E-state index is 13.0. The number of ether oxygens (including phenoxy) is 1. The van der Waals surface area contributed by atoms with E-state index in [4.69, 9.17) is 9.72 Å². The number of rotatable bonds is 8. The van der Waals surface area contributed by atoms with E-state index in [1.165, 1.54) is 10.5 Å². The number of thiazole rings is 1. The van der Waals surface area contributed by atoms with Gasteiger partial charge in [0.25, 0.3) is 5.91 Å². The number of aromatic nitrogens is 1. The molecule has 1 N–H and O–H groups in total. The molecule has 3 aromatic carbocycles. The first-order chi connectivity index (χ1) is 17.6. The summed E-state index contributed by atoms with van der Waals surface area (Å²) in [5, 5.41) is 5.97. The average Bonchev–Trinajstić information content (AvgIpc) is 3.36. The fourth-order valence-electron chi connectivity index (χ4n) is 4.22. The van der Waals surface area contributed by atoms with E-state index in [1.807, 2.05) is 72.1 Å². The number of anilines is 1. The minimum Gasteiger partial charge on any atom is -0.479 e. The predicted molar refractivity (Wildman–Crippen MR) is 142 cm³/mol. The zero-order valence-corrected chi connectivity index (χ0v) is 20.8. The molecule has 1 unspecified atom stereocenters. The van der Waals surface area contributed by atoms with Crippen LogP contribution in [0.5, 0.6) is 5.75 Å². The van der Waals surface area contributed by atoms with Gasteiger partial charge in [0.1, 0.15) is 12.3 Å². The number of carbonyl (C=O) groups excluding carboxylic acids is 2. The maximum Gasteiger partial charge on any atom is 0.268 e. The van der Waals surface area contributed by atoms with Crippen molar-refractivity contribution in [2.75, 3.05) is 18.0 Å².